The number of ether oxygens (including phenoxy) is 13. The van der Waals surface area contributed by atoms with Crippen LogP contribution in [0.25, 0.3) is 0 Å². The van der Waals surface area contributed by atoms with E-state index in [4.69, 9.17) is 61.6 Å². The Labute approximate surface area is 365 Å². The van der Waals surface area contributed by atoms with Gasteiger partial charge in [0.05, 0.1) is 24.0 Å². The van der Waals surface area contributed by atoms with Crippen molar-refractivity contribution in [2.45, 2.75) is 160 Å². The number of esters is 8. The summed E-state index contributed by atoms with van der Waals surface area (Å²) >= 11 is 0.870. The zero-order chi connectivity index (χ0) is 47.3. The van der Waals surface area contributed by atoms with Crippen molar-refractivity contribution in [1.82, 2.24) is 5.32 Å². The molecule has 3 aliphatic heterocycles. The van der Waals surface area contributed by atoms with Crippen molar-refractivity contribution in [2.24, 2.45) is 0 Å². The van der Waals surface area contributed by atoms with Gasteiger partial charge in [-0.25, -0.2) is 0 Å². The maximum Gasteiger partial charge on any atom is 0.303 e. The molecule has 0 aromatic carbocycles. The van der Waals surface area contributed by atoms with E-state index >= 15 is 0 Å². The second-order valence-corrected chi connectivity index (χ2v) is 15.3. The van der Waals surface area contributed by atoms with E-state index in [0.717, 1.165) is 74.1 Å². The molecular formula is C38H52N2O22S. The Hall–Kier alpha value is -5.13. The number of rotatable bonds is 17. The number of carbonyl (C=O) groups is 9. The summed E-state index contributed by atoms with van der Waals surface area (Å²) in [6.07, 6.45) is -20.9. The van der Waals surface area contributed by atoms with E-state index in [0.29, 0.717) is 0 Å². The fraction of sp³-hybridized carbons (Fsp3) is 0.737. The lowest BCUT2D eigenvalue weighted by atomic mass is 9.94. The molecule has 0 aromatic heterocycles. The molecule has 25 heteroatoms. The van der Waals surface area contributed by atoms with Gasteiger partial charge in [0.1, 0.15) is 43.1 Å². The molecule has 15 atom stereocenters. The number of carbonyl (C=O) groups excluding carboxylic acids is 9. The normalized spacial score (nSPS) is 32.6. The van der Waals surface area contributed by atoms with Crippen LogP contribution in [0.4, 0.5) is 0 Å². The molecular weight excluding hydrogens is 868 g/mol. The first-order valence-electron chi connectivity index (χ1n) is 19.4. The Kier molecular flexibility index (Phi) is 20.0. The molecule has 3 heterocycles. The summed E-state index contributed by atoms with van der Waals surface area (Å²) < 4.78 is 75.5. The van der Waals surface area contributed by atoms with Crippen LogP contribution in [0.1, 0.15) is 69.2 Å². The average molecular weight is 921 g/mol. The molecule has 24 nitrogen and oxygen atoms in total. The molecule has 3 rings (SSSR count). The van der Waals surface area contributed by atoms with Gasteiger partial charge in [0.15, 0.2) is 49.2 Å². The van der Waals surface area contributed by atoms with Gasteiger partial charge in [0, 0.05) is 62.3 Å². The first-order chi connectivity index (χ1) is 29.5. The highest BCUT2D eigenvalue weighted by molar-refractivity contribution is 8.00. The highest BCUT2D eigenvalue weighted by atomic mass is 32.2. The lowest BCUT2D eigenvalue weighted by Crippen LogP contribution is -2.70. The first kappa shape index (κ1) is 52.2. The van der Waals surface area contributed by atoms with Crippen molar-refractivity contribution in [1.29, 1.82) is 5.26 Å². The number of nitrogens with one attached hydrogen (secondary N) is 1. The average Bonchev–Trinajstić information content (AvgIpc) is 3.15. The number of hydrogen-bond donors (Lipinski definition) is 1. The van der Waals surface area contributed by atoms with Gasteiger partial charge in [-0.3, -0.25) is 43.2 Å². The van der Waals surface area contributed by atoms with Crippen molar-refractivity contribution in [3.8, 4) is 6.07 Å². The van der Waals surface area contributed by atoms with Gasteiger partial charge >= 0.3 is 47.8 Å². The summed E-state index contributed by atoms with van der Waals surface area (Å²) in [6.45, 7) is 9.66. The molecule has 0 spiro atoms. The zero-order valence-electron chi connectivity index (χ0n) is 36.1. The van der Waals surface area contributed by atoms with Gasteiger partial charge in [-0.2, -0.15) is 5.26 Å². The lowest BCUT2D eigenvalue weighted by Gasteiger charge is -2.51. The van der Waals surface area contributed by atoms with Crippen LogP contribution >= 0.6 is 11.8 Å². The van der Waals surface area contributed by atoms with E-state index in [1.54, 1.807) is 0 Å². The monoisotopic (exact) mass is 920 g/mol. The maximum absolute atomic E-state index is 12.9. The molecule has 0 aromatic rings. The van der Waals surface area contributed by atoms with Gasteiger partial charge in [0.25, 0.3) is 0 Å². The van der Waals surface area contributed by atoms with Crippen molar-refractivity contribution < 1.29 is 105 Å². The molecule has 63 heavy (non-hydrogen) atoms. The van der Waals surface area contributed by atoms with Crippen molar-refractivity contribution in [3.05, 3.63) is 0 Å². The largest absolute Gasteiger partial charge is 0.463 e. The van der Waals surface area contributed by atoms with E-state index in [-0.39, 0.29) is 5.75 Å². The van der Waals surface area contributed by atoms with Gasteiger partial charge in [0.2, 0.25) is 5.91 Å². The van der Waals surface area contributed by atoms with Crippen LogP contribution in [-0.2, 0) is 105 Å². The first-order valence-corrected chi connectivity index (χ1v) is 20.4. The quantitative estimate of drug-likeness (QED) is 0.141. The van der Waals surface area contributed by atoms with Gasteiger partial charge in [-0.1, -0.05) is 0 Å². The molecule has 3 aliphatic rings. The molecule has 0 bridgehead atoms. The molecule has 352 valence electrons. The summed E-state index contributed by atoms with van der Waals surface area (Å²) in [4.78, 5) is 112. The third-order valence-electron chi connectivity index (χ3n) is 8.94. The molecule has 0 saturated carbocycles. The number of thioether (sulfide) groups is 1. The minimum absolute atomic E-state index is 0.238. The Balaban J connectivity index is 2.35. The van der Waals surface area contributed by atoms with E-state index in [1.807, 2.05) is 6.07 Å². The van der Waals surface area contributed by atoms with Crippen LogP contribution in [0.2, 0.25) is 0 Å². The van der Waals surface area contributed by atoms with Crippen molar-refractivity contribution >= 4 is 65.4 Å². The summed E-state index contributed by atoms with van der Waals surface area (Å²) in [7, 11) is 0. The van der Waals surface area contributed by atoms with Crippen molar-refractivity contribution in [2.75, 3.05) is 19.0 Å². The number of nitriles is 1. The zero-order valence-corrected chi connectivity index (χ0v) is 36.9. The minimum atomic E-state index is -1.91. The minimum Gasteiger partial charge on any atom is -0.463 e. The summed E-state index contributed by atoms with van der Waals surface area (Å²) in [5.74, 6) is -7.98. The Morgan fingerprint density at radius 3 is 1.35 bits per heavy atom. The maximum atomic E-state index is 12.9. The van der Waals surface area contributed by atoms with Gasteiger partial charge in [-0.05, 0) is 6.92 Å². The smallest absolute Gasteiger partial charge is 0.303 e. The molecule has 1 amide bonds. The Bertz CT molecular complexity index is 1740. The molecule has 1 N–H and O–H groups in total. The number of nitrogens with zero attached hydrogens (tertiary/aromatic N) is 1. The fourth-order valence-electron chi connectivity index (χ4n) is 6.90. The fourth-order valence-corrected chi connectivity index (χ4v) is 7.79. The SMILES string of the molecule is CC(=O)NC1C(O[C@@H]2O[C@@H](COC(C)=O)C(OC(C)=O)C(OC(C)=O)C2OC(C)=O)C(OC2OC(C)C(OC(C)=O)C(OC(C)=O)C2OC(C)=O)[C@H](COC(C)=O)O[C@H]1SCC#N. The summed E-state index contributed by atoms with van der Waals surface area (Å²) in [5, 5.41) is 12.3. The summed E-state index contributed by atoms with van der Waals surface area (Å²) in [5.41, 5.74) is -1.23. The molecule has 3 saturated heterocycles. The van der Waals surface area contributed by atoms with Crippen LogP contribution in [0.15, 0.2) is 0 Å². The molecule has 3 fully saturated rings. The number of amides is 1. The van der Waals surface area contributed by atoms with E-state index < -0.39 is 158 Å². The highest BCUT2D eigenvalue weighted by Crippen LogP contribution is 2.39. The van der Waals surface area contributed by atoms with Crippen molar-refractivity contribution in [3.63, 3.8) is 0 Å². The van der Waals surface area contributed by atoms with E-state index in [9.17, 15) is 48.4 Å². The van der Waals surface area contributed by atoms with Crippen LogP contribution < -0.4 is 5.32 Å². The standard InChI is InChI=1S/C38H52N2O22S/c1-15-28(53-19(5)44)32(55-21(7)46)34(57-23(9)48)36(52-15)61-29-26(14-51-18(4)43)60-38(63-12-11-39)27(40-16(2)41)31(29)62-37-35(58-24(10)49)33(56-22(8)47)30(54-20(6)45)25(59-37)13-50-17(3)42/h15,25-38H,12-14H2,1-10H3,(H,40,41)/t15?,25-,26-,27?,28?,29?,30?,31?,32?,33?,34?,35?,36?,37-,38-/m0/s1. The van der Waals surface area contributed by atoms with Crippen LogP contribution in [0.3, 0.4) is 0 Å². The predicted octanol–water partition coefficient (Wildman–Crippen LogP) is -0.571. The third kappa shape index (κ3) is 15.6. The third-order valence-corrected chi connectivity index (χ3v) is 9.97. The highest BCUT2D eigenvalue weighted by Gasteiger charge is 2.59. The van der Waals surface area contributed by atoms with Crippen LogP contribution in [0.5, 0.6) is 0 Å². The molecule has 11 unspecified atom stereocenters. The van der Waals surface area contributed by atoms with Crippen LogP contribution in [-0.4, -0.2) is 164 Å². The molecule has 0 radical (unpaired) electrons. The second kappa shape index (κ2) is 24.1. The molecule has 0 aliphatic carbocycles. The van der Waals surface area contributed by atoms with Gasteiger partial charge in [-0.15, -0.1) is 11.8 Å². The predicted molar refractivity (Wildman–Crippen MR) is 204 cm³/mol. The topological polar surface area (TPSA) is 309 Å². The van der Waals surface area contributed by atoms with E-state index in [1.165, 1.54) is 6.92 Å². The van der Waals surface area contributed by atoms with Gasteiger partial charge < -0.3 is 66.9 Å². The summed E-state index contributed by atoms with van der Waals surface area (Å²) in [6, 6.07) is 0.558. The Morgan fingerprint density at radius 1 is 0.508 bits per heavy atom. The Morgan fingerprint density at radius 2 is 0.905 bits per heavy atom. The number of hydrogen-bond acceptors (Lipinski definition) is 24. The van der Waals surface area contributed by atoms with E-state index in [2.05, 4.69) is 5.32 Å². The van der Waals surface area contributed by atoms with Crippen LogP contribution in [0, 0.1) is 11.3 Å². The lowest BCUT2D eigenvalue weighted by molar-refractivity contribution is -0.359. The second-order valence-electron chi connectivity index (χ2n) is 14.2.